The predicted octanol–water partition coefficient (Wildman–Crippen LogP) is 0.456. The summed E-state index contributed by atoms with van der Waals surface area (Å²) >= 11 is 0. The van der Waals surface area contributed by atoms with Gasteiger partial charge in [-0.25, -0.2) is 4.79 Å². The maximum absolute atomic E-state index is 13.5. The summed E-state index contributed by atoms with van der Waals surface area (Å²) in [4.78, 5) is 65.3. The largest absolute Gasteiger partial charge is 0.464 e. The van der Waals surface area contributed by atoms with E-state index in [2.05, 4.69) is 10.6 Å². The van der Waals surface area contributed by atoms with Gasteiger partial charge in [-0.1, -0.05) is 44.2 Å². The fourth-order valence-corrected chi connectivity index (χ4v) is 4.00. The van der Waals surface area contributed by atoms with Crippen LogP contribution in [0.15, 0.2) is 30.3 Å². The molecule has 1 aromatic carbocycles. The van der Waals surface area contributed by atoms with Gasteiger partial charge in [-0.15, -0.1) is 0 Å². The predicted molar refractivity (Wildman–Crippen MR) is 118 cm³/mol. The van der Waals surface area contributed by atoms with Gasteiger partial charge >= 0.3 is 12.0 Å². The van der Waals surface area contributed by atoms with Crippen LogP contribution in [0.4, 0.5) is 4.79 Å². The summed E-state index contributed by atoms with van der Waals surface area (Å²) in [7, 11) is 0. The van der Waals surface area contributed by atoms with E-state index < -0.39 is 41.9 Å². The highest BCUT2D eigenvalue weighted by Gasteiger charge is 2.61. The van der Waals surface area contributed by atoms with Crippen molar-refractivity contribution in [3.63, 3.8) is 0 Å². The van der Waals surface area contributed by atoms with Crippen LogP contribution in [0.5, 0.6) is 0 Å². The first-order valence-corrected chi connectivity index (χ1v) is 11.0. The van der Waals surface area contributed by atoms with Crippen LogP contribution >= 0.6 is 0 Å². The maximum atomic E-state index is 13.5. The molecule has 0 aromatic heterocycles. The zero-order valence-electron chi connectivity index (χ0n) is 19.1. The highest BCUT2D eigenvalue weighted by atomic mass is 16.5. The minimum atomic E-state index is -1.39. The Balaban J connectivity index is 1.83. The molecule has 178 valence electrons. The number of imide groups is 1. The Labute approximate surface area is 192 Å². The van der Waals surface area contributed by atoms with Gasteiger partial charge < -0.3 is 15.4 Å². The summed E-state index contributed by atoms with van der Waals surface area (Å²) in [5.41, 5.74) is -0.624. The van der Waals surface area contributed by atoms with Crippen molar-refractivity contribution in [1.29, 1.82) is 0 Å². The molecule has 0 saturated carbocycles. The zero-order chi connectivity index (χ0) is 24.2. The Hall–Kier alpha value is -3.27. The van der Waals surface area contributed by atoms with E-state index in [1.165, 1.54) is 11.8 Å². The molecule has 2 saturated heterocycles. The lowest BCUT2D eigenvalue weighted by atomic mass is 9.93. The smallest absolute Gasteiger partial charge is 0.328 e. The van der Waals surface area contributed by atoms with E-state index in [1.807, 2.05) is 32.0 Å². The number of ether oxygens (including phenoxy) is 1. The van der Waals surface area contributed by atoms with Crippen molar-refractivity contribution in [2.45, 2.75) is 45.3 Å². The van der Waals surface area contributed by atoms with Gasteiger partial charge in [-0.05, 0) is 18.4 Å². The number of benzene rings is 1. The van der Waals surface area contributed by atoms with Crippen LogP contribution in [0.2, 0.25) is 0 Å². The molecule has 3 rings (SSSR count). The van der Waals surface area contributed by atoms with Crippen LogP contribution in [0.25, 0.3) is 0 Å². The fraction of sp³-hybridized carbons (Fsp3) is 0.522. The number of hydrogen-bond acceptors (Lipinski definition) is 7. The van der Waals surface area contributed by atoms with E-state index in [1.54, 1.807) is 12.1 Å². The van der Waals surface area contributed by atoms with Gasteiger partial charge in [0.15, 0.2) is 0 Å². The first kappa shape index (κ1) is 24.4. The van der Waals surface area contributed by atoms with Gasteiger partial charge in [0.1, 0.15) is 17.9 Å². The molecule has 0 bridgehead atoms. The molecule has 1 aromatic rings. The summed E-state index contributed by atoms with van der Waals surface area (Å²) in [6.45, 7) is 4.89. The molecule has 2 heterocycles. The lowest BCUT2D eigenvalue weighted by molar-refractivity contribution is -0.146. The van der Waals surface area contributed by atoms with Crippen molar-refractivity contribution in [2.75, 3.05) is 26.2 Å². The average molecular weight is 459 g/mol. The third-order valence-corrected chi connectivity index (χ3v) is 5.68. The number of rotatable bonds is 9. The third kappa shape index (κ3) is 5.39. The van der Waals surface area contributed by atoms with Gasteiger partial charge in [-0.3, -0.25) is 29.0 Å². The topological polar surface area (TPSA) is 125 Å². The third-order valence-electron chi connectivity index (χ3n) is 5.68. The lowest BCUT2D eigenvalue weighted by Crippen LogP contribution is -2.53. The average Bonchev–Trinajstić information content (AvgIpc) is 3.30. The van der Waals surface area contributed by atoms with Crippen molar-refractivity contribution >= 4 is 29.6 Å². The van der Waals surface area contributed by atoms with E-state index in [4.69, 9.17) is 4.74 Å². The second-order valence-electron chi connectivity index (χ2n) is 8.91. The van der Waals surface area contributed by atoms with Crippen LogP contribution < -0.4 is 10.6 Å². The standard InChI is InChI=1S/C23H30N4O6/c1-15(2)13-33-19(29)12-27-22(32)26(11-17-7-5-4-6-8-17)21(31)23(27)9-18(25-14-23)20(30)24-10-16(3)28/h4-8,15,18,25H,9-14H2,1-3H3,(H,24,30)/t18-,23-/m0/s1. The Kier molecular flexibility index (Phi) is 7.47. The highest BCUT2D eigenvalue weighted by Crippen LogP contribution is 2.36. The molecule has 4 amide bonds. The number of nitrogens with one attached hydrogen (secondary N) is 2. The Morgan fingerprint density at radius 3 is 2.55 bits per heavy atom. The zero-order valence-corrected chi connectivity index (χ0v) is 19.1. The molecule has 0 aliphatic carbocycles. The highest BCUT2D eigenvalue weighted by molar-refractivity contribution is 6.09. The number of hydrogen-bond donors (Lipinski definition) is 2. The van der Waals surface area contributed by atoms with Crippen LogP contribution in [0.3, 0.4) is 0 Å². The number of carbonyl (C=O) groups excluding carboxylic acids is 5. The summed E-state index contributed by atoms with van der Waals surface area (Å²) in [5, 5.41) is 5.51. The van der Waals surface area contributed by atoms with Crippen LogP contribution in [-0.2, 0) is 30.5 Å². The van der Waals surface area contributed by atoms with Gasteiger partial charge in [0.05, 0.1) is 25.7 Å². The van der Waals surface area contributed by atoms with E-state index in [9.17, 15) is 24.0 Å². The lowest BCUT2D eigenvalue weighted by Gasteiger charge is -2.30. The van der Waals surface area contributed by atoms with Crippen LogP contribution in [-0.4, -0.2) is 77.2 Å². The molecule has 2 aliphatic rings. The quantitative estimate of drug-likeness (QED) is 0.407. The molecule has 2 atom stereocenters. The van der Waals surface area contributed by atoms with Crippen LogP contribution in [0, 0.1) is 5.92 Å². The summed E-state index contributed by atoms with van der Waals surface area (Å²) in [6, 6.07) is 7.67. The van der Waals surface area contributed by atoms with Crippen molar-refractivity contribution in [1.82, 2.24) is 20.4 Å². The molecule has 2 fully saturated rings. The molecule has 0 radical (unpaired) electrons. The number of esters is 1. The first-order valence-electron chi connectivity index (χ1n) is 11.0. The summed E-state index contributed by atoms with van der Waals surface area (Å²) in [6.07, 6.45) is -0.00986. The van der Waals surface area contributed by atoms with Crippen molar-refractivity contribution < 1.29 is 28.7 Å². The molecule has 2 N–H and O–H groups in total. The molecule has 0 unspecified atom stereocenters. The summed E-state index contributed by atoms with van der Waals surface area (Å²) in [5.74, 6) is -1.61. The van der Waals surface area contributed by atoms with Gasteiger partial charge in [0, 0.05) is 13.0 Å². The summed E-state index contributed by atoms with van der Waals surface area (Å²) < 4.78 is 5.24. The molecule has 10 heteroatoms. The van der Waals surface area contributed by atoms with Gasteiger partial charge in [-0.2, -0.15) is 0 Å². The van der Waals surface area contributed by atoms with E-state index in [0.717, 1.165) is 10.5 Å². The van der Waals surface area contributed by atoms with Crippen molar-refractivity contribution in [2.24, 2.45) is 5.92 Å². The molecule has 10 nitrogen and oxygen atoms in total. The first-order chi connectivity index (χ1) is 15.6. The maximum Gasteiger partial charge on any atom is 0.328 e. The minimum Gasteiger partial charge on any atom is -0.464 e. The molecular formula is C23H30N4O6. The molecule has 33 heavy (non-hydrogen) atoms. The van der Waals surface area contributed by atoms with E-state index in [-0.39, 0.29) is 44.4 Å². The van der Waals surface area contributed by atoms with Crippen LogP contribution in [0.1, 0.15) is 32.8 Å². The fourth-order valence-electron chi connectivity index (χ4n) is 4.00. The number of nitrogens with zero attached hydrogens (tertiary/aromatic N) is 2. The Morgan fingerprint density at radius 1 is 1.21 bits per heavy atom. The number of ketones is 1. The van der Waals surface area contributed by atoms with Crippen molar-refractivity contribution in [3.05, 3.63) is 35.9 Å². The Morgan fingerprint density at radius 2 is 1.91 bits per heavy atom. The van der Waals surface area contributed by atoms with E-state index in [0.29, 0.717) is 0 Å². The Bertz CT molecular complexity index is 934. The monoisotopic (exact) mass is 458 g/mol. The number of urea groups is 1. The number of carbonyl (C=O) groups is 5. The second kappa shape index (κ2) is 10.1. The second-order valence-corrected chi connectivity index (χ2v) is 8.91. The molecular weight excluding hydrogens is 428 g/mol. The van der Waals surface area contributed by atoms with Gasteiger partial charge in [0.25, 0.3) is 5.91 Å². The SMILES string of the molecule is CC(=O)CNC(=O)[C@@H]1C[C@]2(CN1)C(=O)N(Cc1ccccc1)C(=O)N2CC(=O)OCC(C)C. The van der Waals surface area contributed by atoms with Gasteiger partial charge in [0.2, 0.25) is 5.91 Å². The normalized spacial score (nSPS) is 22.4. The minimum absolute atomic E-state index is 0.00986. The number of amides is 4. The molecule has 1 spiro atoms. The van der Waals surface area contributed by atoms with Crippen molar-refractivity contribution in [3.8, 4) is 0 Å². The molecule has 2 aliphatic heterocycles. The number of Topliss-reactive ketones (excluding diaryl/α,β-unsaturated/α-hetero) is 1. The van der Waals surface area contributed by atoms with E-state index >= 15 is 0 Å².